The zero-order valence-electron chi connectivity index (χ0n) is 11.8. The second-order valence-corrected chi connectivity index (χ2v) is 4.95. The number of nitrogens with one attached hydrogen (secondary N) is 1. The number of carbonyl (C=O) groups is 1. The molecule has 2 unspecified atom stereocenters. The van der Waals surface area contributed by atoms with Crippen LogP contribution in [0.25, 0.3) is 0 Å². The van der Waals surface area contributed by atoms with Gasteiger partial charge in [0, 0.05) is 12.2 Å². The summed E-state index contributed by atoms with van der Waals surface area (Å²) in [5.41, 5.74) is 2.18. The molecule has 0 saturated carbocycles. The van der Waals surface area contributed by atoms with E-state index in [9.17, 15) is 4.79 Å². The molecule has 0 spiro atoms. The molecule has 2 rings (SSSR count). The lowest BCUT2D eigenvalue weighted by atomic mass is 10.0. The molecule has 1 fully saturated rings. The summed E-state index contributed by atoms with van der Waals surface area (Å²) in [7, 11) is 0. The van der Waals surface area contributed by atoms with Crippen LogP contribution in [0, 0.1) is 18.8 Å². The van der Waals surface area contributed by atoms with Gasteiger partial charge in [-0.25, -0.2) is 0 Å². The number of hydrogen-bond donors (Lipinski definition) is 2. The molecular formula is C16H19NO3. The topological polar surface area (TPSA) is 58.6 Å². The molecule has 1 aliphatic heterocycles. The largest absolute Gasteiger partial charge is 0.384 e. The number of ether oxygens (including phenoxy) is 1. The molecular weight excluding hydrogens is 254 g/mol. The Hall–Kier alpha value is -1.83. The number of amides is 1. The van der Waals surface area contributed by atoms with Gasteiger partial charge < -0.3 is 15.2 Å². The molecule has 20 heavy (non-hydrogen) atoms. The number of aliphatic hydroxyl groups excluding tert-OH is 1. The van der Waals surface area contributed by atoms with Crippen LogP contribution in [-0.2, 0) is 4.74 Å². The fourth-order valence-electron chi connectivity index (χ4n) is 2.26. The van der Waals surface area contributed by atoms with Crippen LogP contribution in [0.1, 0.15) is 34.8 Å². The maximum Gasteiger partial charge on any atom is 0.252 e. The molecule has 1 aromatic carbocycles. The Morgan fingerprint density at radius 3 is 3.00 bits per heavy atom. The van der Waals surface area contributed by atoms with Gasteiger partial charge in [-0.2, -0.15) is 0 Å². The summed E-state index contributed by atoms with van der Waals surface area (Å²) >= 11 is 0. The fraction of sp³-hybridized carbons (Fsp3) is 0.438. The summed E-state index contributed by atoms with van der Waals surface area (Å²) in [4.78, 5) is 12.4. The molecule has 4 nitrogen and oxygen atoms in total. The number of rotatable bonds is 2. The van der Waals surface area contributed by atoms with E-state index in [4.69, 9.17) is 9.84 Å². The van der Waals surface area contributed by atoms with E-state index < -0.39 is 0 Å². The quantitative estimate of drug-likeness (QED) is 0.797. The Kier molecular flexibility index (Phi) is 4.78. The molecule has 2 N–H and O–H groups in total. The first kappa shape index (κ1) is 14.6. The third-order valence-electron chi connectivity index (χ3n) is 3.41. The molecule has 1 aliphatic rings. The number of hydrogen-bond acceptors (Lipinski definition) is 3. The van der Waals surface area contributed by atoms with Crippen molar-refractivity contribution in [1.82, 2.24) is 5.32 Å². The molecule has 1 heterocycles. The first-order chi connectivity index (χ1) is 9.61. The lowest BCUT2D eigenvalue weighted by Gasteiger charge is -2.16. The van der Waals surface area contributed by atoms with E-state index in [-0.39, 0.29) is 24.7 Å². The molecule has 1 aromatic rings. The molecule has 1 amide bonds. The Morgan fingerprint density at radius 2 is 2.35 bits per heavy atom. The third-order valence-corrected chi connectivity index (χ3v) is 3.41. The second-order valence-electron chi connectivity index (χ2n) is 4.95. The normalized spacial score (nSPS) is 21.1. The summed E-state index contributed by atoms with van der Waals surface area (Å²) < 4.78 is 5.45. The highest BCUT2D eigenvalue weighted by molar-refractivity contribution is 5.97. The Balaban J connectivity index is 2.21. The van der Waals surface area contributed by atoms with Crippen LogP contribution >= 0.6 is 0 Å². The van der Waals surface area contributed by atoms with Crippen LogP contribution in [-0.4, -0.2) is 36.4 Å². The van der Waals surface area contributed by atoms with Crippen molar-refractivity contribution >= 4 is 5.91 Å². The van der Waals surface area contributed by atoms with Crippen molar-refractivity contribution in [3.63, 3.8) is 0 Å². The number of aliphatic hydroxyl groups is 1. The van der Waals surface area contributed by atoms with E-state index in [2.05, 4.69) is 17.2 Å². The van der Waals surface area contributed by atoms with Gasteiger partial charge in [-0.3, -0.25) is 4.79 Å². The molecule has 0 aliphatic carbocycles. The predicted octanol–water partition coefficient (Wildman–Crippen LogP) is 1.25. The van der Waals surface area contributed by atoms with Gasteiger partial charge in [0.2, 0.25) is 0 Å². The Morgan fingerprint density at radius 1 is 1.55 bits per heavy atom. The van der Waals surface area contributed by atoms with Gasteiger partial charge in [0.15, 0.2) is 0 Å². The summed E-state index contributed by atoms with van der Waals surface area (Å²) in [5, 5.41) is 11.8. The van der Waals surface area contributed by atoms with E-state index >= 15 is 0 Å². The van der Waals surface area contributed by atoms with Gasteiger partial charge in [-0.05, 0) is 32.4 Å². The van der Waals surface area contributed by atoms with Crippen molar-refractivity contribution in [2.75, 3.05) is 13.2 Å². The smallest absolute Gasteiger partial charge is 0.252 e. The highest BCUT2D eigenvalue weighted by Crippen LogP contribution is 2.15. The number of benzene rings is 1. The number of carbonyl (C=O) groups excluding carboxylic acids is 1. The monoisotopic (exact) mass is 273 g/mol. The first-order valence-corrected chi connectivity index (χ1v) is 6.74. The zero-order valence-corrected chi connectivity index (χ0v) is 11.8. The first-order valence-electron chi connectivity index (χ1n) is 6.74. The number of aryl methyl sites for hydroxylation is 1. The third kappa shape index (κ3) is 3.38. The molecule has 4 heteroatoms. The van der Waals surface area contributed by atoms with Gasteiger partial charge in [0.05, 0.1) is 17.7 Å². The average molecular weight is 273 g/mol. The lowest BCUT2D eigenvalue weighted by Crippen LogP contribution is -2.39. The Labute approximate surface area is 119 Å². The van der Waals surface area contributed by atoms with Gasteiger partial charge in [-0.15, -0.1) is 0 Å². The van der Waals surface area contributed by atoms with Crippen molar-refractivity contribution in [2.24, 2.45) is 0 Å². The van der Waals surface area contributed by atoms with Crippen molar-refractivity contribution in [2.45, 2.75) is 32.4 Å². The highest BCUT2D eigenvalue weighted by atomic mass is 16.5. The average Bonchev–Trinajstić information content (AvgIpc) is 2.83. The zero-order chi connectivity index (χ0) is 14.5. The van der Waals surface area contributed by atoms with Crippen molar-refractivity contribution in [3.05, 3.63) is 34.9 Å². The maximum absolute atomic E-state index is 12.4. The second kappa shape index (κ2) is 6.56. The summed E-state index contributed by atoms with van der Waals surface area (Å²) in [6, 6.07) is 5.57. The van der Waals surface area contributed by atoms with E-state index in [1.165, 1.54) is 0 Å². The SMILES string of the molecule is Cc1ccc(C#CCO)c(C(=O)NC2CCOC2C)c1. The van der Waals surface area contributed by atoms with Gasteiger partial charge >= 0.3 is 0 Å². The van der Waals surface area contributed by atoms with Gasteiger partial charge in [-0.1, -0.05) is 23.5 Å². The molecule has 0 bridgehead atoms. The van der Waals surface area contributed by atoms with E-state index in [0.717, 1.165) is 12.0 Å². The fourth-order valence-corrected chi connectivity index (χ4v) is 2.26. The standard InChI is InChI=1S/C16H19NO3/c1-11-5-6-13(4-3-8-18)14(10-11)16(19)17-15-7-9-20-12(15)2/h5-6,10,12,15,18H,7-9H2,1-2H3,(H,17,19). The van der Waals surface area contributed by atoms with E-state index in [0.29, 0.717) is 17.7 Å². The van der Waals surface area contributed by atoms with Gasteiger partial charge in [0.25, 0.3) is 5.91 Å². The van der Waals surface area contributed by atoms with Crippen LogP contribution in [0.2, 0.25) is 0 Å². The summed E-state index contributed by atoms with van der Waals surface area (Å²) in [6.07, 6.45) is 0.867. The van der Waals surface area contributed by atoms with Crippen LogP contribution < -0.4 is 5.32 Å². The van der Waals surface area contributed by atoms with Crippen molar-refractivity contribution < 1.29 is 14.6 Å². The molecule has 0 radical (unpaired) electrons. The molecule has 1 saturated heterocycles. The molecule has 2 atom stereocenters. The highest BCUT2D eigenvalue weighted by Gasteiger charge is 2.26. The van der Waals surface area contributed by atoms with Gasteiger partial charge in [0.1, 0.15) is 6.61 Å². The van der Waals surface area contributed by atoms with Crippen LogP contribution in [0.4, 0.5) is 0 Å². The van der Waals surface area contributed by atoms with Crippen LogP contribution in [0.15, 0.2) is 18.2 Å². The van der Waals surface area contributed by atoms with Crippen LogP contribution in [0.3, 0.4) is 0 Å². The minimum Gasteiger partial charge on any atom is -0.384 e. The summed E-state index contributed by atoms with van der Waals surface area (Å²) in [6.45, 7) is 4.35. The minimum absolute atomic E-state index is 0.0377. The Bertz CT molecular complexity index is 557. The van der Waals surface area contributed by atoms with Crippen molar-refractivity contribution in [3.8, 4) is 11.8 Å². The maximum atomic E-state index is 12.4. The minimum atomic E-state index is -0.220. The molecule has 0 aromatic heterocycles. The summed E-state index contributed by atoms with van der Waals surface area (Å²) in [5.74, 6) is 5.26. The predicted molar refractivity (Wildman–Crippen MR) is 76.4 cm³/mol. The van der Waals surface area contributed by atoms with Crippen LogP contribution in [0.5, 0.6) is 0 Å². The lowest BCUT2D eigenvalue weighted by molar-refractivity contribution is 0.0866. The van der Waals surface area contributed by atoms with E-state index in [1.807, 2.05) is 32.0 Å². The van der Waals surface area contributed by atoms with E-state index in [1.54, 1.807) is 0 Å². The van der Waals surface area contributed by atoms with Crippen molar-refractivity contribution in [1.29, 1.82) is 0 Å². The molecule has 106 valence electrons.